The molecule has 4 heterocycles. The quantitative estimate of drug-likeness (QED) is 0.0724. The van der Waals surface area contributed by atoms with Crippen molar-refractivity contribution in [1.82, 2.24) is 25.1 Å². The van der Waals surface area contributed by atoms with Gasteiger partial charge in [0.25, 0.3) is 28.7 Å². The Bertz CT molecular complexity index is 2500. The monoisotopic (exact) mass is 858 g/mol. The Balaban J connectivity index is 0.000000186. The highest BCUT2D eigenvalue weighted by Gasteiger charge is 2.29. The minimum absolute atomic E-state index is 0. The lowest BCUT2D eigenvalue weighted by atomic mass is 10.1. The first-order chi connectivity index (χ1) is 28.5. The lowest BCUT2D eigenvalue weighted by Gasteiger charge is -2.16. The third-order valence-electron chi connectivity index (χ3n) is 10.3. The third-order valence-corrected chi connectivity index (χ3v) is 10.4. The molecule has 12 nitrogen and oxygen atoms in total. The highest BCUT2D eigenvalue weighted by molar-refractivity contribution is 6.83. The summed E-state index contributed by atoms with van der Waals surface area (Å²) in [6, 6.07) is 27.2. The van der Waals surface area contributed by atoms with Crippen LogP contribution in [-0.4, -0.2) is 93.6 Å². The van der Waals surface area contributed by atoms with Gasteiger partial charge in [0.15, 0.2) is 0 Å². The summed E-state index contributed by atoms with van der Waals surface area (Å²) in [5.74, 6) is -2.93. The molecule has 4 aromatic carbocycles. The molecule has 2 aliphatic heterocycles. The average Bonchev–Trinajstić information content (AvgIpc) is 4.10. The van der Waals surface area contributed by atoms with E-state index in [-0.39, 0.29) is 58.6 Å². The molecular formula is C44H42Cl2F2N6O6. The van der Waals surface area contributed by atoms with E-state index in [2.05, 4.69) is 15.3 Å². The van der Waals surface area contributed by atoms with E-state index >= 15 is 0 Å². The number of H-pyrrole nitrogens is 2. The van der Waals surface area contributed by atoms with E-state index in [9.17, 15) is 37.5 Å². The number of hydrogen-bond donors (Lipinski definition) is 4. The summed E-state index contributed by atoms with van der Waals surface area (Å²) in [5.41, 5.74) is 7.90. The van der Waals surface area contributed by atoms with E-state index in [0.29, 0.717) is 42.1 Å². The standard InChI is InChI=1S/C22H20FN3O3.C12H16N2O.C10H5ClFNO2.ClH/c23-17-7-4-8-18-19(17)16(12-24-18)20(27)21(28)25-11-14-9-10-26(13-14)22(29)15-5-2-1-3-6-15;13-8-10-6-7-14(9-10)12(15)11-4-2-1-3-5-11;11-10(15)9(14)5-4-13-7-3-1-2-6(12)8(5)7;/h1-8,12,14,24H,9-11,13H2,(H,25,28);1-5,10H,6-9,13H2;1-4,13H;1H. The number of aromatic amines is 2. The van der Waals surface area contributed by atoms with Gasteiger partial charge in [-0.2, -0.15) is 0 Å². The van der Waals surface area contributed by atoms with Crippen molar-refractivity contribution in [2.75, 3.05) is 39.3 Å². The summed E-state index contributed by atoms with van der Waals surface area (Å²) >= 11 is 5.05. The number of halogens is 4. The lowest BCUT2D eigenvalue weighted by Crippen LogP contribution is -2.36. The van der Waals surface area contributed by atoms with E-state index in [0.717, 1.165) is 31.5 Å². The second-order valence-corrected chi connectivity index (χ2v) is 14.5. The van der Waals surface area contributed by atoms with Gasteiger partial charge in [-0.05, 0) is 91.4 Å². The smallest absolute Gasteiger partial charge is 0.293 e. The number of carbonyl (C=O) groups is 6. The Labute approximate surface area is 354 Å². The minimum atomic E-state index is -1.13. The second-order valence-electron chi connectivity index (χ2n) is 14.2. The van der Waals surface area contributed by atoms with Crippen LogP contribution in [0.1, 0.15) is 54.3 Å². The maximum Gasteiger partial charge on any atom is 0.293 e. The molecule has 2 aliphatic rings. The van der Waals surface area contributed by atoms with E-state index in [1.54, 1.807) is 29.2 Å². The van der Waals surface area contributed by atoms with Gasteiger partial charge in [-0.3, -0.25) is 28.8 Å². The molecule has 60 heavy (non-hydrogen) atoms. The summed E-state index contributed by atoms with van der Waals surface area (Å²) in [5, 5.41) is 1.72. The van der Waals surface area contributed by atoms with Gasteiger partial charge in [-0.15, -0.1) is 12.4 Å². The molecule has 312 valence electrons. The number of fused-ring (bicyclic) bond motifs is 2. The molecule has 0 spiro atoms. The van der Waals surface area contributed by atoms with Gasteiger partial charge >= 0.3 is 0 Å². The SMILES string of the molecule is Cl.NCC1CCN(C(=O)c2ccccc2)C1.O=C(Cl)C(=O)c1c[nH]c2cccc(F)c12.O=C(NCC1CCN(C(=O)c2ccccc2)C1)C(=O)c1c[nH]c2cccc(F)c12. The molecule has 2 saturated heterocycles. The number of carbonyl (C=O) groups excluding carboxylic acids is 6. The largest absolute Gasteiger partial charge is 0.360 e. The van der Waals surface area contributed by atoms with Gasteiger partial charge < -0.3 is 30.8 Å². The van der Waals surface area contributed by atoms with Crippen molar-refractivity contribution in [2.24, 2.45) is 17.6 Å². The lowest BCUT2D eigenvalue weighted by molar-refractivity contribution is -0.117. The predicted molar refractivity (Wildman–Crippen MR) is 226 cm³/mol. The van der Waals surface area contributed by atoms with Crippen LogP contribution < -0.4 is 11.1 Å². The zero-order valence-electron chi connectivity index (χ0n) is 32.2. The molecule has 3 amide bonds. The first-order valence-electron chi connectivity index (χ1n) is 18.9. The Morgan fingerprint density at radius 2 is 1.10 bits per heavy atom. The molecule has 0 aliphatic carbocycles. The minimum Gasteiger partial charge on any atom is -0.360 e. The molecule has 0 saturated carbocycles. The van der Waals surface area contributed by atoms with Crippen LogP contribution in [0.3, 0.4) is 0 Å². The summed E-state index contributed by atoms with van der Waals surface area (Å²) in [4.78, 5) is 80.4. The fraction of sp³-hybridized carbons (Fsp3) is 0.227. The molecule has 2 atom stereocenters. The normalized spacial score (nSPS) is 15.6. The van der Waals surface area contributed by atoms with Crippen LogP contribution in [0.4, 0.5) is 8.78 Å². The zero-order chi connectivity index (χ0) is 42.1. The molecule has 8 rings (SSSR count). The maximum atomic E-state index is 14.1. The molecule has 5 N–H and O–H groups in total. The summed E-state index contributed by atoms with van der Waals surface area (Å²) in [6.45, 7) is 3.74. The topological polar surface area (TPSA) is 179 Å². The number of benzene rings is 4. The molecular weight excluding hydrogens is 817 g/mol. The van der Waals surface area contributed by atoms with Crippen LogP contribution in [0, 0.1) is 23.5 Å². The average molecular weight is 860 g/mol. The number of ketones is 2. The number of hydrogen-bond acceptors (Lipinski definition) is 7. The predicted octanol–water partition coefficient (Wildman–Crippen LogP) is 6.55. The first kappa shape index (κ1) is 44.9. The van der Waals surface area contributed by atoms with Gasteiger partial charge in [0.2, 0.25) is 5.78 Å². The van der Waals surface area contributed by atoms with Crippen molar-refractivity contribution in [3.63, 3.8) is 0 Å². The molecule has 0 radical (unpaired) electrons. The summed E-state index contributed by atoms with van der Waals surface area (Å²) in [7, 11) is 0. The van der Waals surface area contributed by atoms with Crippen LogP contribution in [0.2, 0.25) is 0 Å². The fourth-order valence-electron chi connectivity index (χ4n) is 7.10. The highest BCUT2D eigenvalue weighted by Crippen LogP contribution is 2.24. The van der Waals surface area contributed by atoms with E-state index < -0.39 is 34.4 Å². The van der Waals surface area contributed by atoms with Gasteiger partial charge in [0, 0.05) is 78.1 Å². The maximum absolute atomic E-state index is 14.1. The molecule has 0 bridgehead atoms. The van der Waals surface area contributed by atoms with Crippen molar-refractivity contribution in [2.45, 2.75) is 12.8 Å². The number of rotatable bonds is 9. The van der Waals surface area contributed by atoms with Crippen LogP contribution in [0.15, 0.2) is 109 Å². The van der Waals surface area contributed by atoms with E-state index in [1.807, 2.05) is 53.4 Å². The van der Waals surface area contributed by atoms with Crippen molar-refractivity contribution >= 4 is 80.3 Å². The van der Waals surface area contributed by atoms with Gasteiger partial charge in [0.05, 0.1) is 11.1 Å². The number of Topliss-reactive ketones (excluding diaryl/α,β-unsaturated/α-hetero) is 2. The number of likely N-dealkylation sites (tertiary alicyclic amines) is 2. The molecule has 16 heteroatoms. The van der Waals surface area contributed by atoms with Crippen molar-refractivity contribution in [3.8, 4) is 0 Å². The molecule has 6 aromatic rings. The number of nitrogens with zero attached hydrogens (tertiary/aromatic N) is 2. The second kappa shape index (κ2) is 20.7. The van der Waals surface area contributed by atoms with Gasteiger partial charge in [-0.1, -0.05) is 48.5 Å². The number of nitrogens with one attached hydrogen (secondary N) is 3. The van der Waals surface area contributed by atoms with Crippen molar-refractivity contribution < 1.29 is 37.5 Å². The third kappa shape index (κ3) is 10.5. The molecule has 2 unspecified atom stereocenters. The molecule has 2 aromatic heterocycles. The van der Waals surface area contributed by atoms with Crippen LogP contribution in [-0.2, 0) is 9.59 Å². The summed E-state index contributed by atoms with van der Waals surface area (Å²) in [6.07, 6.45) is 4.41. The molecule has 2 fully saturated rings. The Morgan fingerprint density at radius 3 is 1.55 bits per heavy atom. The number of nitrogens with two attached hydrogens (primary N) is 1. The Morgan fingerprint density at radius 1 is 0.650 bits per heavy atom. The summed E-state index contributed by atoms with van der Waals surface area (Å²) < 4.78 is 27.4. The number of aromatic nitrogens is 2. The van der Waals surface area contributed by atoms with Gasteiger partial charge in [0.1, 0.15) is 11.6 Å². The van der Waals surface area contributed by atoms with Crippen LogP contribution >= 0.6 is 24.0 Å². The van der Waals surface area contributed by atoms with Gasteiger partial charge in [-0.25, -0.2) is 8.78 Å². The van der Waals surface area contributed by atoms with E-state index in [4.69, 9.17) is 17.3 Å². The zero-order valence-corrected chi connectivity index (χ0v) is 33.7. The van der Waals surface area contributed by atoms with Crippen LogP contribution in [0.25, 0.3) is 21.8 Å². The van der Waals surface area contributed by atoms with E-state index in [1.165, 1.54) is 36.7 Å². The Kier molecular flexibility index (Phi) is 15.4. The van der Waals surface area contributed by atoms with Crippen LogP contribution in [0.5, 0.6) is 0 Å². The first-order valence-corrected chi connectivity index (χ1v) is 19.3. The van der Waals surface area contributed by atoms with Crippen molar-refractivity contribution in [3.05, 3.63) is 143 Å². The number of amides is 3. The highest BCUT2D eigenvalue weighted by atomic mass is 35.5. The Hall–Kier alpha value is -6.22. The fourth-order valence-corrected chi connectivity index (χ4v) is 7.21. The van der Waals surface area contributed by atoms with Crippen molar-refractivity contribution in [1.29, 1.82) is 0 Å².